The van der Waals surface area contributed by atoms with Gasteiger partial charge in [-0.3, -0.25) is 0 Å². The van der Waals surface area contributed by atoms with Gasteiger partial charge in [0.2, 0.25) is 0 Å². The third-order valence-corrected chi connectivity index (χ3v) is 20.6. The first kappa shape index (κ1) is 22.7. The van der Waals surface area contributed by atoms with Crippen molar-refractivity contribution in [3.8, 4) is 0 Å². The van der Waals surface area contributed by atoms with Gasteiger partial charge in [-0.25, -0.2) is 0 Å². The second-order valence-electron chi connectivity index (χ2n) is 8.47. The zero-order valence-electron chi connectivity index (χ0n) is 17.0. The fourth-order valence-corrected chi connectivity index (χ4v) is 25.4. The van der Waals surface area contributed by atoms with Crippen molar-refractivity contribution in [1.82, 2.24) is 0 Å². The molecule has 0 aliphatic carbocycles. The van der Waals surface area contributed by atoms with E-state index in [1.54, 1.807) is 0 Å². The molecule has 1 fully saturated rings. The zero-order valence-corrected chi connectivity index (χ0v) is 21.0. The topological polar surface area (TPSA) is 36.9 Å². The Labute approximate surface area is 154 Å². The van der Waals surface area contributed by atoms with Crippen LogP contribution < -0.4 is 0 Å². The Balaban J connectivity index is 2.59. The van der Waals surface area contributed by atoms with Crippen LogP contribution in [-0.4, -0.2) is 34.2 Å². The molecule has 1 saturated heterocycles. The van der Waals surface area contributed by atoms with Crippen molar-refractivity contribution < 1.29 is 16.5 Å². The summed E-state index contributed by atoms with van der Waals surface area (Å²) in [5.41, 5.74) is 0. The molecular weight excluding hydrogens is 369 g/mol. The minimum atomic E-state index is -2.24. The van der Waals surface area contributed by atoms with Gasteiger partial charge in [0.05, 0.1) is 0 Å². The van der Waals surface area contributed by atoms with Gasteiger partial charge in [-0.2, -0.15) is 0 Å². The van der Waals surface area contributed by atoms with Crippen LogP contribution in [0.2, 0.25) is 51.9 Å². The monoisotopic (exact) mass is 407 g/mol. The minimum Gasteiger partial charge on any atom is -0.416 e. The Morgan fingerprint density at radius 3 is 1.38 bits per heavy atom. The van der Waals surface area contributed by atoms with E-state index in [0.29, 0.717) is 0 Å². The van der Waals surface area contributed by atoms with Crippen LogP contribution in [0.15, 0.2) is 0 Å². The molecule has 0 aromatic heterocycles. The van der Waals surface area contributed by atoms with E-state index in [2.05, 4.69) is 52.8 Å². The summed E-state index contributed by atoms with van der Waals surface area (Å²) in [6.45, 7) is 18.9. The summed E-state index contributed by atoms with van der Waals surface area (Å²) in [7, 11) is -8.82. The van der Waals surface area contributed by atoms with E-state index in [4.69, 9.17) is 16.5 Å². The second-order valence-corrected chi connectivity index (χ2v) is 22.9. The number of hydrogen-bond donors (Lipinski definition) is 0. The molecule has 1 rings (SSSR count). The Hall–Kier alpha value is 0.708. The van der Waals surface area contributed by atoms with Crippen LogP contribution in [0.3, 0.4) is 0 Å². The maximum atomic E-state index is 6.60. The Bertz CT molecular complexity index is 366. The molecule has 1 aliphatic rings. The summed E-state index contributed by atoms with van der Waals surface area (Å²) in [4.78, 5) is 0. The fraction of sp³-hybridized carbons (Fsp3) is 0.938. The Kier molecular flexibility index (Phi) is 8.60. The summed E-state index contributed by atoms with van der Waals surface area (Å²) in [5.74, 6) is 0. The van der Waals surface area contributed by atoms with Crippen LogP contribution in [-0.2, 0) is 16.5 Å². The predicted molar refractivity (Wildman–Crippen MR) is 111 cm³/mol. The smallest absolute Gasteiger partial charge is 0.317 e. The van der Waals surface area contributed by atoms with Gasteiger partial charge in [-0.1, -0.05) is 51.9 Å². The van der Waals surface area contributed by atoms with Crippen LogP contribution in [0.25, 0.3) is 0 Å². The lowest BCUT2D eigenvalue weighted by atomic mass is 10.1. The molecule has 8 heteroatoms. The van der Waals surface area contributed by atoms with Crippen molar-refractivity contribution in [2.45, 2.75) is 96.8 Å². The third-order valence-electron chi connectivity index (χ3n) is 4.04. The van der Waals surface area contributed by atoms with E-state index in [-0.39, 0.29) is 0 Å². The number of unbranched alkanes of at least 4 members (excludes halogenated alkanes) is 6. The van der Waals surface area contributed by atoms with E-state index in [1.807, 2.05) is 0 Å². The SMILES string of the molecule is [CH2]CCCCCCCC[Si]1(C)O[Si](C)(C)O[Si](C)(C)O[Si](C)(C)O1. The van der Waals surface area contributed by atoms with Crippen LogP contribution in [0.4, 0.5) is 0 Å². The second kappa shape index (κ2) is 9.07. The molecule has 0 aromatic carbocycles. The van der Waals surface area contributed by atoms with Gasteiger partial charge in [-0.15, -0.1) is 0 Å². The average molecular weight is 408 g/mol. The highest BCUT2D eigenvalue weighted by Gasteiger charge is 2.51. The summed E-state index contributed by atoms with van der Waals surface area (Å²) in [6.07, 6.45) is 8.70. The highest BCUT2D eigenvalue weighted by molar-refractivity contribution is 6.93. The molecular formula is C16H39O4Si4. The van der Waals surface area contributed by atoms with Crippen molar-refractivity contribution in [1.29, 1.82) is 0 Å². The summed E-state index contributed by atoms with van der Waals surface area (Å²) in [6, 6.07) is 1.05. The van der Waals surface area contributed by atoms with E-state index < -0.39 is 34.2 Å². The van der Waals surface area contributed by atoms with Gasteiger partial charge < -0.3 is 16.5 Å². The molecule has 1 radical (unpaired) electrons. The maximum Gasteiger partial charge on any atom is 0.317 e. The number of rotatable bonds is 8. The Morgan fingerprint density at radius 1 is 0.542 bits per heavy atom. The van der Waals surface area contributed by atoms with Crippen LogP contribution in [0.1, 0.15) is 44.9 Å². The van der Waals surface area contributed by atoms with Crippen LogP contribution in [0, 0.1) is 6.92 Å². The molecule has 24 heavy (non-hydrogen) atoms. The molecule has 1 aliphatic heterocycles. The van der Waals surface area contributed by atoms with Gasteiger partial charge in [0.15, 0.2) is 0 Å². The van der Waals surface area contributed by atoms with Crippen LogP contribution in [0.5, 0.6) is 0 Å². The zero-order chi connectivity index (χ0) is 18.5. The van der Waals surface area contributed by atoms with Gasteiger partial charge in [-0.05, 0) is 51.9 Å². The minimum absolute atomic E-state index is 1.05. The standard InChI is InChI=1S/C16H39O4Si4/c1-9-10-11-12-13-14-15-16-24(8)19-22(4,5)17-21(2,3)18-23(6,7)20-24/h1,9-16H2,2-8H3. The largest absolute Gasteiger partial charge is 0.416 e. The third kappa shape index (κ3) is 8.88. The maximum absolute atomic E-state index is 6.60. The molecule has 0 atom stereocenters. The van der Waals surface area contributed by atoms with Crippen molar-refractivity contribution in [3.63, 3.8) is 0 Å². The summed E-state index contributed by atoms with van der Waals surface area (Å²) in [5, 5.41) is 0. The van der Waals surface area contributed by atoms with Crippen molar-refractivity contribution >= 4 is 34.2 Å². The van der Waals surface area contributed by atoms with E-state index in [0.717, 1.165) is 12.5 Å². The lowest BCUT2D eigenvalue weighted by Crippen LogP contribution is -2.64. The molecule has 0 N–H and O–H groups in total. The van der Waals surface area contributed by atoms with Gasteiger partial charge in [0.1, 0.15) is 0 Å². The first-order valence-corrected chi connectivity index (χ1v) is 20.5. The van der Waals surface area contributed by atoms with Crippen LogP contribution >= 0.6 is 0 Å². The normalized spacial score (nSPS) is 25.0. The molecule has 143 valence electrons. The summed E-state index contributed by atoms with van der Waals surface area (Å²) >= 11 is 0. The number of hydrogen-bond acceptors (Lipinski definition) is 4. The highest BCUT2D eigenvalue weighted by atomic mass is 28.5. The fourth-order valence-electron chi connectivity index (χ4n) is 3.74. The average Bonchev–Trinajstić information content (AvgIpc) is 2.31. The molecule has 0 amide bonds. The summed E-state index contributed by atoms with van der Waals surface area (Å²) < 4.78 is 26.0. The van der Waals surface area contributed by atoms with Gasteiger partial charge >= 0.3 is 34.2 Å². The molecule has 4 nitrogen and oxygen atoms in total. The van der Waals surface area contributed by atoms with Gasteiger partial charge in [0, 0.05) is 0 Å². The molecule has 0 bridgehead atoms. The molecule has 0 unspecified atom stereocenters. The Morgan fingerprint density at radius 2 is 0.917 bits per heavy atom. The predicted octanol–water partition coefficient (Wildman–Crippen LogP) is 5.81. The van der Waals surface area contributed by atoms with Crippen molar-refractivity contribution in [3.05, 3.63) is 6.92 Å². The van der Waals surface area contributed by atoms with Gasteiger partial charge in [0.25, 0.3) is 0 Å². The van der Waals surface area contributed by atoms with Crippen molar-refractivity contribution in [2.75, 3.05) is 0 Å². The molecule has 0 aromatic rings. The first-order chi connectivity index (χ1) is 10.9. The first-order valence-electron chi connectivity index (χ1n) is 9.49. The molecule has 0 spiro atoms. The van der Waals surface area contributed by atoms with E-state index in [9.17, 15) is 0 Å². The quantitative estimate of drug-likeness (QED) is 0.376. The molecule has 0 saturated carbocycles. The molecule has 1 heterocycles. The lowest BCUT2D eigenvalue weighted by Gasteiger charge is -2.47. The lowest BCUT2D eigenvalue weighted by molar-refractivity contribution is 0.233. The highest BCUT2D eigenvalue weighted by Crippen LogP contribution is 2.33. The van der Waals surface area contributed by atoms with Crippen molar-refractivity contribution in [2.24, 2.45) is 0 Å². The van der Waals surface area contributed by atoms with E-state index >= 15 is 0 Å². The van der Waals surface area contributed by atoms with E-state index in [1.165, 1.54) is 38.5 Å².